The Morgan fingerprint density at radius 3 is 2.00 bits per heavy atom. The summed E-state index contributed by atoms with van der Waals surface area (Å²) in [5.41, 5.74) is 5.44. The normalized spacial score (nSPS) is 10.5. The first kappa shape index (κ1) is 10.8. The first-order chi connectivity index (χ1) is 5.20. The maximum atomic E-state index is 5.44. The molecule has 0 aromatic rings. The van der Waals surface area contributed by atoms with Crippen LogP contribution in [0, 0.1) is 0 Å². The molecule has 2 N–H and O–H groups in total. The summed E-state index contributed by atoms with van der Waals surface area (Å²) in [5, 5.41) is 0. The molecule has 0 aliphatic rings. The number of nitrogens with zero attached hydrogens (tertiary/aromatic N) is 1. The highest BCUT2D eigenvalue weighted by Gasteiger charge is 2.02. The van der Waals surface area contributed by atoms with Crippen LogP contribution in [-0.4, -0.2) is 29.5 Å². The van der Waals surface area contributed by atoms with Crippen molar-refractivity contribution in [3.05, 3.63) is 0 Å². The van der Waals surface area contributed by atoms with E-state index in [2.05, 4.69) is 18.7 Å². The van der Waals surface area contributed by atoms with Crippen LogP contribution in [0.3, 0.4) is 0 Å². The molecule has 0 spiro atoms. The second kappa shape index (κ2) is 6.55. The van der Waals surface area contributed by atoms with Gasteiger partial charge in [0.2, 0.25) is 0 Å². The van der Waals surface area contributed by atoms with Crippen molar-refractivity contribution in [3.63, 3.8) is 0 Å². The summed E-state index contributed by atoms with van der Waals surface area (Å²) in [6.07, 6.45) is 2.34. The molecule has 3 heteroatoms. The van der Waals surface area contributed by atoms with Crippen molar-refractivity contribution in [1.29, 1.82) is 0 Å². The Balaban J connectivity index is 3.59. The van der Waals surface area contributed by atoms with Gasteiger partial charge in [-0.25, -0.2) is 0 Å². The molecule has 0 saturated heterocycles. The lowest BCUT2D eigenvalue weighted by Gasteiger charge is -2.19. The van der Waals surface area contributed by atoms with E-state index < -0.39 is 0 Å². The molecule has 66 valence electrons. The van der Waals surface area contributed by atoms with Gasteiger partial charge >= 0.3 is 0 Å². The third-order valence-electron chi connectivity index (χ3n) is 1.46. The lowest BCUT2D eigenvalue weighted by molar-refractivity contribution is 0.313. The van der Waals surface area contributed by atoms with Gasteiger partial charge < -0.3 is 5.73 Å². The fraction of sp³-hybridized carbons (Fsp3) is 0.875. The zero-order valence-electron chi connectivity index (χ0n) is 7.47. The molecule has 2 nitrogen and oxygen atoms in total. The van der Waals surface area contributed by atoms with Crippen LogP contribution in [0.5, 0.6) is 0 Å². The summed E-state index contributed by atoms with van der Waals surface area (Å²) >= 11 is 4.84. The van der Waals surface area contributed by atoms with E-state index in [4.69, 9.17) is 18.0 Å². The van der Waals surface area contributed by atoms with Gasteiger partial charge in [-0.2, -0.15) is 0 Å². The summed E-state index contributed by atoms with van der Waals surface area (Å²) in [6, 6.07) is 0. The quantitative estimate of drug-likeness (QED) is 0.617. The zero-order chi connectivity index (χ0) is 8.69. The number of hydrogen-bond donors (Lipinski definition) is 1. The van der Waals surface area contributed by atoms with Gasteiger partial charge in [0.15, 0.2) is 0 Å². The predicted octanol–water partition coefficient (Wildman–Crippen LogP) is 1.39. The zero-order valence-corrected chi connectivity index (χ0v) is 8.28. The van der Waals surface area contributed by atoms with E-state index in [1.165, 1.54) is 12.8 Å². The van der Waals surface area contributed by atoms with Crippen molar-refractivity contribution in [3.8, 4) is 0 Å². The van der Waals surface area contributed by atoms with Gasteiger partial charge in [0.05, 0.1) is 4.99 Å². The van der Waals surface area contributed by atoms with Crippen molar-refractivity contribution in [2.75, 3.05) is 19.6 Å². The van der Waals surface area contributed by atoms with Crippen molar-refractivity contribution >= 4 is 17.2 Å². The Morgan fingerprint density at radius 2 is 1.73 bits per heavy atom. The minimum atomic E-state index is 0.604. The molecule has 0 saturated carbocycles. The number of rotatable bonds is 6. The number of nitrogens with two attached hydrogens (primary N) is 1. The summed E-state index contributed by atoms with van der Waals surface area (Å²) in [4.78, 5) is 2.90. The van der Waals surface area contributed by atoms with Crippen LogP contribution in [0.4, 0.5) is 0 Å². The largest absolute Gasteiger partial charge is 0.392 e. The molecule has 0 atom stereocenters. The SMILES string of the molecule is CCCN(CCC)CC(N)=S. The van der Waals surface area contributed by atoms with Gasteiger partial charge in [0.1, 0.15) is 0 Å². The van der Waals surface area contributed by atoms with Gasteiger partial charge in [0, 0.05) is 6.54 Å². The van der Waals surface area contributed by atoms with Gasteiger partial charge in [-0.1, -0.05) is 26.1 Å². The summed E-state index contributed by atoms with van der Waals surface area (Å²) in [5.74, 6) is 0. The van der Waals surface area contributed by atoms with E-state index in [1.54, 1.807) is 0 Å². The van der Waals surface area contributed by atoms with Gasteiger partial charge in [-0.3, -0.25) is 4.90 Å². The Morgan fingerprint density at radius 1 is 1.27 bits per heavy atom. The van der Waals surface area contributed by atoms with E-state index in [0.29, 0.717) is 4.99 Å². The highest BCUT2D eigenvalue weighted by atomic mass is 32.1. The molecule has 0 aliphatic heterocycles. The molecular formula is C8H18N2S. The third-order valence-corrected chi connectivity index (χ3v) is 1.59. The highest BCUT2D eigenvalue weighted by Crippen LogP contribution is 1.92. The van der Waals surface area contributed by atoms with Gasteiger partial charge in [0.25, 0.3) is 0 Å². The molecule has 0 aliphatic carbocycles. The lowest BCUT2D eigenvalue weighted by atomic mass is 10.3. The van der Waals surface area contributed by atoms with Crippen LogP contribution < -0.4 is 5.73 Å². The van der Waals surface area contributed by atoms with E-state index >= 15 is 0 Å². The molecule has 0 aromatic heterocycles. The summed E-state index contributed by atoms with van der Waals surface area (Å²) < 4.78 is 0. The third kappa shape index (κ3) is 6.26. The predicted molar refractivity (Wildman–Crippen MR) is 53.8 cm³/mol. The molecular weight excluding hydrogens is 156 g/mol. The summed E-state index contributed by atoms with van der Waals surface area (Å²) in [7, 11) is 0. The monoisotopic (exact) mass is 174 g/mol. The fourth-order valence-corrected chi connectivity index (χ4v) is 1.31. The Bertz CT molecular complexity index is 109. The average molecular weight is 174 g/mol. The van der Waals surface area contributed by atoms with Crippen LogP contribution in [0.15, 0.2) is 0 Å². The lowest BCUT2D eigenvalue weighted by Crippen LogP contribution is -2.33. The van der Waals surface area contributed by atoms with Crippen molar-refractivity contribution in [2.45, 2.75) is 26.7 Å². The molecule has 0 rings (SSSR count). The Labute approximate surface area is 74.8 Å². The van der Waals surface area contributed by atoms with Gasteiger partial charge in [-0.15, -0.1) is 0 Å². The molecule has 0 fully saturated rings. The van der Waals surface area contributed by atoms with E-state index in [9.17, 15) is 0 Å². The summed E-state index contributed by atoms with van der Waals surface area (Å²) in [6.45, 7) is 7.32. The first-order valence-electron chi connectivity index (χ1n) is 4.21. The maximum absolute atomic E-state index is 5.44. The number of hydrogen-bond acceptors (Lipinski definition) is 2. The average Bonchev–Trinajstić information content (AvgIpc) is 1.87. The fourth-order valence-electron chi connectivity index (χ4n) is 1.12. The van der Waals surface area contributed by atoms with E-state index in [1.807, 2.05) is 0 Å². The minimum Gasteiger partial charge on any atom is -0.392 e. The Hall–Kier alpha value is -0.150. The second-order valence-electron chi connectivity index (χ2n) is 2.74. The minimum absolute atomic E-state index is 0.604. The van der Waals surface area contributed by atoms with E-state index in [-0.39, 0.29) is 0 Å². The van der Waals surface area contributed by atoms with Gasteiger partial charge in [-0.05, 0) is 25.9 Å². The van der Waals surface area contributed by atoms with Crippen molar-refractivity contribution in [2.24, 2.45) is 5.73 Å². The molecule has 0 unspecified atom stereocenters. The van der Waals surface area contributed by atoms with Crippen LogP contribution in [-0.2, 0) is 0 Å². The molecule has 0 radical (unpaired) electrons. The standard InChI is InChI=1S/C8H18N2S/c1-3-5-10(6-4-2)7-8(9)11/h3-7H2,1-2H3,(H2,9,11). The molecule has 0 heterocycles. The van der Waals surface area contributed by atoms with Crippen LogP contribution >= 0.6 is 12.2 Å². The first-order valence-corrected chi connectivity index (χ1v) is 4.62. The van der Waals surface area contributed by atoms with Crippen LogP contribution in [0.25, 0.3) is 0 Å². The maximum Gasteiger partial charge on any atom is 0.0870 e. The van der Waals surface area contributed by atoms with Crippen molar-refractivity contribution < 1.29 is 0 Å². The van der Waals surface area contributed by atoms with Crippen molar-refractivity contribution in [1.82, 2.24) is 4.90 Å². The van der Waals surface area contributed by atoms with Crippen LogP contribution in [0.1, 0.15) is 26.7 Å². The topological polar surface area (TPSA) is 29.3 Å². The molecule has 0 amide bonds. The Kier molecular flexibility index (Phi) is 6.46. The van der Waals surface area contributed by atoms with E-state index in [0.717, 1.165) is 19.6 Å². The molecule has 11 heavy (non-hydrogen) atoms. The smallest absolute Gasteiger partial charge is 0.0870 e. The molecule has 0 aromatic carbocycles. The second-order valence-corrected chi connectivity index (χ2v) is 3.27. The van der Waals surface area contributed by atoms with Crippen LogP contribution in [0.2, 0.25) is 0 Å². The highest BCUT2D eigenvalue weighted by molar-refractivity contribution is 7.80. The molecule has 0 bridgehead atoms. The number of thiocarbonyl (C=S) groups is 1.